The van der Waals surface area contributed by atoms with Crippen molar-refractivity contribution in [2.24, 2.45) is 0 Å². The summed E-state index contributed by atoms with van der Waals surface area (Å²) in [7, 11) is 0. The largest absolute Gasteiger partial charge is 0.370 e. The van der Waals surface area contributed by atoms with Crippen LogP contribution >= 0.6 is 0 Å². The van der Waals surface area contributed by atoms with Crippen LogP contribution in [0.4, 0.5) is 4.39 Å². The van der Waals surface area contributed by atoms with Crippen LogP contribution in [0, 0.1) is 11.3 Å². The summed E-state index contributed by atoms with van der Waals surface area (Å²) >= 11 is 0. The van der Waals surface area contributed by atoms with E-state index in [4.69, 9.17) is 5.26 Å². The van der Waals surface area contributed by atoms with Crippen molar-refractivity contribution in [1.29, 1.82) is 5.26 Å². The van der Waals surface area contributed by atoms with Crippen LogP contribution in [0.1, 0.15) is 25.7 Å². The summed E-state index contributed by atoms with van der Waals surface area (Å²) in [6.45, 7) is 0. The van der Waals surface area contributed by atoms with Crippen molar-refractivity contribution in [1.82, 2.24) is 5.32 Å². The minimum Gasteiger partial charge on any atom is -0.370 e. The van der Waals surface area contributed by atoms with Gasteiger partial charge in [0.2, 0.25) is 0 Å². The van der Waals surface area contributed by atoms with Crippen molar-refractivity contribution in [2.75, 3.05) is 0 Å². The lowest BCUT2D eigenvalue weighted by molar-refractivity contribution is 0.274. The Kier molecular flexibility index (Phi) is 2.59. The van der Waals surface area contributed by atoms with Crippen molar-refractivity contribution in [3.05, 3.63) is 35.8 Å². The molecule has 1 N–H and O–H groups in total. The number of nitriles is 1. The van der Waals surface area contributed by atoms with Crippen LogP contribution in [-0.4, -0.2) is 5.54 Å². The monoisotopic (exact) mass is 204 g/mol. The highest BCUT2D eigenvalue weighted by molar-refractivity contribution is 5.29. The van der Waals surface area contributed by atoms with Gasteiger partial charge in [0.05, 0.1) is 6.07 Å². The summed E-state index contributed by atoms with van der Waals surface area (Å²) in [6.07, 6.45) is 9.92. The molecular weight excluding hydrogens is 191 g/mol. The predicted octanol–water partition coefficient (Wildman–Crippen LogP) is 2.72. The van der Waals surface area contributed by atoms with Gasteiger partial charge in [0.1, 0.15) is 11.4 Å². The zero-order valence-electron chi connectivity index (χ0n) is 8.46. The predicted molar refractivity (Wildman–Crippen MR) is 56.4 cm³/mol. The first-order chi connectivity index (χ1) is 7.24. The second-order valence-electron chi connectivity index (χ2n) is 4.03. The number of allylic oxidation sites excluding steroid dienone is 5. The smallest absolute Gasteiger partial charge is 0.125 e. The van der Waals surface area contributed by atoms with Crippen molar-refractivity contribution >= 4 is 0 Å². The third kappa shape index (κ3) is 2.10. The summed E-state index contributed by atoms with van der Waals surface area (Å²) in [6, 6.07) is 2.28. The summed E-state index contributed by atoms with van der Waals surface area (Å²) < 4.78 is 13.1. The van der Waals surface area contributed by atoms with Gasteiger partial charge in [-0.05, 0) is 31.4 Å². The SMILES string of the molecule is N#CC1(NC2=CC(F)=CC=CC2)CCC1. The fourth-order valence-corrected chi connectivity index (χ4v) is 1.82. The maximum atomic E-state index is 13.1. The first-order valence-electron chi connectivity index (χ1n) is 5.16. The van der Waals surface area contributed by atoms with E-state index in [1.807, 2.05) is 6.08 Å². The Morgan fingerprint density at radius 2 is 2.27 bits per heavy atom. The lowest BCUT2D eigenvalue weighted by atomic mass is 9.78. The zero-order chi connectivity index (χ0) is 10.7. The average molecular weight is 204 g/mol. The third-order valence-corrected chi connectivity index (χ3v) is 2.86. The maximum absolute atomic E-state index is 13.1. The topological polar surface area (TPSA) is 35.8 Å². The molecule has 0 spiro atoms. The summed E-state index contributed by atoms with van der Waals surface area (Å²) in [5, 5.41) is 12.2. The van der Waals surface area contributed by atoms with Crippen LogP contribution in [-0.2, 0) is 0 Å². The van der Waals surface area contributed by atoms with Gasteiger partial charge in [-0.1, -0.05) is 12.2 Å². The van der Waals surface area contributed by atoms with E-state index < -0.39 is 5.54 Å². The number of hydrogen-bond acceptors (Lipinski definition) is 2. The van der Waals surface area contributed by atoms with Gasteiger partial charge in [0.25, 0.3) is 0 Å². The summed E-state index contributed by atoms with van der Waals surface area (Å²) in [5.41, 5.74) is 0.350. The number of hydrogen-bond donors (Lipinski definition) is 1. The molecule has 0 aromatic heterocycles. The standard InChI is InChI=1S/C12H13FN2/c13-10-4-1-2-5-11(8-10)15-12(9-14)6-3-7-12/h1-2,4,8,15H,3,5-7H2. The Morgan fingerprint density at radius 1 is 1.47 bits per heavy atom. The van der Waals surface area contributed by atoms with Crippen LogP contribution in [0.2, 0.25) is 0 Å². The average Bonchev–Trinajstić information content (AvgIpc) is 2.36. The fraction of sp³-hybridized carbons (Fsp3) is 0.417. The Balaban J connectivity index is 2.09. The molecule has 0 aromatic rings. The molecule has 0 aromatic carbocycles. The van der Waals surface area contributed by atoms with E-state index in [2.05, 4.69) is 11.4 Å². The number of rotatable bonds is 2. The fourth-order valence-electron chi connectivity index (χ4n) is 1.82. The van der Waals surface area contributed by atoms with Crippen molar-refractivity contribution in [3.8, 4) is 6.07 Å². The van der Waals surface area contributed by atoms with E-state index in [1.54, 1.807) is 6.08 Å². The quantitative estimate of drug-likeness (QED) is 0.750. The van der Waals surface area contributed by atoms with Gasteiger partial charge < -0.3 is 5.32 Å². The number of nitrogens with one attached hydrogen (secondary N) is 1. The highest BCUT2D eigenvalue weighted by Crippen LogP contribution is 2.32. The van der Waals surface area contributed by atoms with E-state index in [0.29, 0.717) is 6.42 Å². The highest BCUT2D eigenvalue weighted by Gasteiger charge is 2.37. The van der Waals surface area contributed by atoms with Gasteiger partial charge in [-0.2, -0.15) is 5.26 Å². The molecule has 2 aliphatic carbocycles. The first kappa shape index (κ1) is 9.97. The molecule has 3 heteroatoms. The molecule has 0 saturated heterocycles. The molecule has 15 heavy (non-hydrogen) atoms. The molecule has 2 rings (SSSR count). The summed E-state index contributed by atoms with van der Waals surface area (Å²) in [4.78, 5) is 0. The van der Waals surface area contributed by atoms with Crippen LogP contribution in [0.15, 0.2) is 35.8 Å². The van der Waals surface area contributed by atoms with Crippen molar-refractivity contribution < 1.29 is 4.39 Å². The molecule has 0 amide bonds. The molecule has 1 saturated carbocycles. The van der Waals surface area contributed by atoms with Crippen LogP contribution < -0.4 is 5.32 Å². The van der Waals surface area contributed by atoms with E-state index >= 15 is 0 Å². The maximum Gasteiger partial charge on any atom is 0.125 e. The lowest BCUT2D eigenvalue weighted by Crippen LogP contribution is -2.49. The molecule has 1 fully saturated rings. The molecule has 0 radical (unpaired) electrons. The molecule has 78 valence electrons. The second kappa shape index (κ2) is 3.90. The van der Waals surface area contributed by atoms with Crippen molar-refractivity contribution in [3.63, 3.8) is 0 Å². The second-order valence-corrected chi connectivity index (χ2v) is 4.03. The highest BCUT2D eigenvalue weighted by atomic mass is 19.1. The molecule has 0 aliphatic heterocycles. The number of nitrogens with zero attached hydrogens (tertiary/aromatic N) is 1. The summed E-state index contributed by atoms with van der Waals surface area (Å²) in [5.74, 6) is -0.265. The molecule has 2 nitrogen and oxygen atoms in total. The van der Waals surface area contributed by atoms with Crippen molar-refractivity contribution in [2.45, 2.75) is 31.2 Å². The van der Waals surface area contributed by atoms with Crippen LogP contribution in [0.25, 0.3) is 0 Å². The lowest BCUT2D eigenvalue weighted by Gasteiger charge is -2.37. The van der Waals surface area contributed by atoms with Gasteiger partial charge in [-0.25, -0.2) is 4.39 Å². The van der Waals surface area contributed by atoms with Gasteiger partial charge in [-0.3, -0.25) is 0 Å². The van der Waals surface area contributed by atoms with Crippen LogP contribution in [0.5, 0.6) is 0 Å². The van der Waals surface area contributed by atoms with Crippen LogP contribution in [0.3, 0.4) is 0 Å². The van der Waals surface area contributed by atoms with Gasteiger partial charge in [-0.15, -0.1) is 0 Å². The van der Waals surface area contributed by atoms with Gasteiger partial charge >= 0.3 is 0 Å². The Hall–Kier alpha value is -1.56. The molecule has 2 aliphatic rings. The van der Waals surface area contributed by atoms with E-state index in [9.17, 15) is 4.39 Å². The Morgan fingerprint density at radius 3 is 2.87 bits per heavy atom. The minimum absolute atomic E-state index is 0.265. The van der Waals surface area contributed by atoms with E-state index in [1.165, 1.54) is 12.2 Å². The third-order valence-electron chi connectivity index (χ3n) is 2.86. The van der Waals surface area contributed by atoms with Gasteiger partial charge in [0, 0.05) is 12.1 Å². The van der Waals surface area contributed by atoms with E-state index in [-0.39, 0.29) is 5.83 Å². The Bertz CT molecular complexity index is 381. The molecular formula is C12H13FN2. The Labute approximate surface area is 88.8 Å². The molecule has 0 bridgehead atoms. The molecule has 0 heterocycles. The van der Waals surface area contributed by atoms with Gasteiger partial charge in [0.15, 0.2) is 0 Å². The zero-order valence-corrected chi connectivity index (χ0v) is 8.46. The first-order valence-corrected chi connectivity index (χ1v) is 5.16. The minimum atomic E-state index is -0.440. The number of halogens is 1. The molecule has 0 atom stereocenters. The van der Waals surface area contributed by atoms with E-state index in [0.717, 1.165) is 25.0 Å². The molecule has 0 unspecified atom stereocenters. The normalized spacial score (nSPS) is 22.9.